The van der Waals surface area contributed by atoms with E-state index in [4.69, 9.17) is 9.29 Å². The van der Waals surface area contributed by atoms with Crippen molar-refractivity contribution in [2.45, 2.75) is 51.7 Å². The molecule has 188 valence electrons. The first kappa shape index (κ1) is 27.5. The number of pyridine rings is 1. The quantitative estimate of drug-likeness (QED) is 0.260. The minimum Gasteiger partial charge on any atom is -0.477 e. The Morgan fingerprint density at radius 2 is 1.97 bits per heavy atom. The fourth-order valence-electron chi connectivity index (χ4n) is 3.03. The summed E-state index contributed by atoms with van der Waals surface area (Å²) >= 11 is -2.41. The van der Waals surface area contributed by atoms with Crippen molar-refractivity contribution in [2.75, 3.05) is 18.0 Å². The molecule has 0 aliphatic rings. The van der Waals surface area contributed by atoms with Crippen LogP contribution in [0.1, 0.15) is 55.8 Å². The van der Waals surface area contributed by atoms with Gasteiger partial charge in [-0.05, 0) is 43.2 Å². The fraction of sp³-hybridized carbons (Fsp3) is 0.455. The van der Waals surface area contributed by atoms with Crippen LogP contribution >= 0.6 is 0 Å². The highest BCUT2D eigenvalue weighted by Crippen LogP contribution is 2.30. The summed E-state index contributed by atoms with van der Waals surface area (Å²) in [6, 6.07) is 5.85. The average Bonchev–Trinajstić information content (AvgIpc) is 2.78. The molecule has 2 aromatic rings. The molecule has 1 aromatic heterocycles. The molecule has 2 unspecified atom stereocenters. The molecule has 0 radical (unpaired) electrons. The van der Waals surface area contributed by atoms with Gasteiger partial charge >= 0.3 is 6.18 Å². The molecule has 2 rings (SSSR count). The number of rotatable bonds is 11. The lowest BCUT2D eigenvalue weighted by Crippen LogP contribution is -2.28. The van der Waals surface area contributed by atoms with Gasteiger partial charge in [0, 0.05) is 19.2 Å². The number of halogens is 4. The zero-order valence-corrected chi connectivity index (χ0v) is 19.8. The number of amides is 1. The summed E-state index contributed by atoms with van der Waals surface area (Å²) in [5.41, 5.74) is -0.611. The van der Waals surface area contributed by atoms with Crippen molar-refractivity contribution in [3.63, 3.8) is 0 Å². The third-order valence-electron chi connectivity index (χ3n) is 5.11. The fourth-order valence-corrected chi connectivity index (χ4v) is 3.34. The van der Waals surface area contributed by atoms with Crippen LogP contribution in [0.5, 0.6) is 5.88 Å². The zero-order chi connectivity index (χ0) is 25.5. The summed E-state index contributed by atoms with van der Waals surface area (Å²) in [6.07, 6.45) is -2.22. The molecule has 0 aliphatic heterocycles. The van der Waals surface area contributed by atoms with E-state index in [2.05, 4.69) is 10.3 Å². The van der Waals surface area contributed by atoms with Gasteiger partial charge < -0.3 is 10.1 Å². The summed E-state index contributed by atoms with van der Waals surface area (Å²) in [6.45, 7) is 3.57. The summed E-state index contributed by atoms with van der Waals surface area (Å²) in [5, 5.41) is 2.61. The Balaban J connectivity index is 2.13. The topological polar surface area (TPSA) is 91.8 Å². The number of nitrogens with one attached hydrogen (secondary N) is 1. The second-order valence-electron chi connectivity index (χ2n) is 7.59. The predicted molar refractivity (Wildman–Crippen MR) is 120 cm³/mol. The Labute approximate surface area is 197 Å². The Hall–Kier alpha value is -2.73. The van der Waals surface area contributed by atoms with E-state index < -0.39 is 40.8 Å². The van der Waals surface area contributed by atoms with E-state index in [0.29, 0.717) is 12.0 Å². The molecule has 2 N–H and O–H groups in total. The highest BCUT2D eigenvalue weighted by molar-refractivity contribution is 7.80. The number of hydrogen-bond donors (Lipinski definition) is 2. The van der Waals surface area contributed by atoms with Crippen LogP contribution in [0.3, 0.4) is 0 Å². The van der Waals surface area contributed by atoms with Gasteiger partial charge in [0.1, 0.15) is 11.5 Å². The lowest BCUT2D eigenvalue weighted by Gasteiger charge is -2.18. The van der Waals surface area contributed by atoms with E-state index in [1.807, 2.05) is 6.92 Å². The molecule has 0 spiro atoms. The molecule has 34 heavy (non-hydrogen) atoms. The predicted octanol–water partition coefficient (Wildman–Crippen LogP) is 4.80. The monoisotopic (exact) mass is 505 g/mol. The molecule has 0 aliphatic carbocycles. The number of aromatic nitrogens is 1. The van der Waals surface area contributed by atoms with Gasteiger partial charge in [-0.2, -0.15) is 13.2 Å². The Morgan fingerprint density at radius 3 is 2.56 bits per heavy atom. The van der Waals surface area contributed by atoms with E-state index in [9.17, 15) is 26.6 Å². The molecule has 2 atom stereocenters. The van der Waals surface area contributed by atoms with Crippen LogP contribution in [0.15, 0.2) is 30.3 Å². The molecule has 0 bridgehead atoms. The molecule has 0 saturated heterocycles. The van der Waals surface area contributed by atoms with Crippen LogP contribution in [0.2, 0.25) is 0 Å². The van der Waals surface area contributed by atoms with Crippen molar-refractivity contribution in [3.05, 3.63) is 53.0 Å². The maximum atomic E-state index is 14.4. The summed E-state index contributed by atoms with van der Waals surface area (Å²) in [4.78, 5) is 16.2. The van der Waals surface area contributed by atoms with E-state index in [-0.39, 0.29) is 30.3 Å². The SMILES string of the molecule is CCCCCOc1nc(C(F)(F)F)ccc1CNC(=O)C(C)c1ccc(N(C)S(=O)O)c(F)c1. The van der Waals surface area contributed by atoms with Gasteiger partial charge in [0.2, 0.25) is 11.8 Å². The molecule has 0 fully saturated rings. The number of nitrogens with zero attached hydrogens (tertiary/aromatic N) is 2. The van der Waals surface area contributed by atoms with Gasteiger partial charge in [-0.25, -0.2) is 13.6 Å². The number of alkyl halides is 3. The number of anilines is 1. The van der Waals surface area contributed by atoms with E-state index >= 15 is 0 Å². The highest BCUT2D eigenvalue weighted by Gasteiger charge is 2.33. The van der Waals surface area contributed by atoms with Gasteiger partial charge in [0.25, 0.3) is 11.3 Å². The molecule has 1 aromatic carbocycles. The van der Waals surface area contributed by atoms with Crippen molar-refractivity contribution < 1.29 is 35.9 Å². The number of benzene rings is 1. The second-order valence-corrected chi connectivity index (χ2v) is 8.60. The van der Waals surface area contributed by atoms with Crippen LogP contribution in [0.25, 0.3) is 0 Å². The zero-order valence-electron chi connectivity index (χ0n) is 19.0. The summed E-state index contributed by atoms with van der Waals surface area (Å²) in [7, 11) is 1.24. The van der Waals surface area contributed by atoms with Crippen LogP contribution in [0, 0.1) is 5.82 Å². The van der Waals surface area contributed by atoms with Crippen molar-refractivity contribution in [3.8, 4) is 5.88 Å². The maximum absolute atomic E-state index is 14.4. The first-order valence-corrected chi connectivity index (χ1v) is 11.6. The first-order valence-electron chi connectivity index (χ1n) is 10.6. The number of carbonyl (C=O) groups excluding carboxylic acids is 1. The molecular weight excluding hydrogens is 478 g/mol. The van der Waals surface area contributed by atoms with Crippen LogP contribution < -0.4 is 14.4 Å². The van der Waals surface area contributed by atoms with Crippen LogP contribution in [-0.2, 0) is 28.8 Å². The largest absolute Gasteiger partial charge is 0.477 e. The molecular formula is C22H27F4N3O4S. The molecule has 0 saturated carbocycles. The number of carbonyl (C=O) groups is 1. The Morgan fingerprint density at radius 1 is 1.26 bits per heavy atom. The van der Waals surface area contributed by atoms with Crippen molar-refractivity contribution in [2.24, 2.45) is 0 Å². The molecule has 7 nitrogen and oxygen atoms in total. The Bertz CT molecular complexity index is 1020. The standard InChI is InChI=1S/C22H27F4N3O4S/c1-4-5-6-11-33-21-16(8-10-19(28-21)22(24,25)26)13-27-20(30)14(2)15-7-9-18(17(23)12-15)29(3)34(31)32/h7-10,12,14H,4-6,11,13H2,1-3H3,(H,27,30)(H,31,32). The van der Waals surface area contributed by atoms with Gasteiger partial charge in [-0.1, -0.05) is 25.8 Å². The number of unbranched alkanes of at least 4 members (excludes halogenated alkanes) is 2. The molecule has 12 heteroatoms. The van der Waals surface area contributed by atoms with Crippen molar-refractivity contribution in [1.29, 1.82) is 0 Å². The Kier molecular flexibility index (Phi) is 9.80. The van der Waals surface area contributed by atoms with Gasteiger partial charge in [0.15, 0.2) is 0 Å². The van der Waals surface area contributed by atoms with Crippen molar-refractivity contribution in [1.82, 2.24) is 10.3 Å². The van der Waals surface area contributed by atoms with Crippen LogP contribution in [-0.4, -0.2) is 33.3 Å². The highest BCUT2D eigenvalue weighted by atomic mass is 32.2. The van der Waals surface area contributed by atoms with Crippen molar-refractivity contribution >= 4 is 22.9 Å². The van der Waals surface area contributed by atoms with E-state index in [1.165, 1.54) is 32.2 Å². The number of hydrogen-bond acceptors (Lipinski definition) is 4. The summed E-state index contributed by atoms with van der Waals surface area (Å²) < 4.78 is 80.0. The van der Waals surface area contributed by atoms with E-state index in [1.54, 1.807) is 0 Å². The van der Waals surface area contributed by atoms with Gasteiger partial charge in [-0.3, -0.25) is 13.7 Å². The first-order chi connectivity index (χ1) is 16.0. The lowest BCUT2D eigenvalue weighted by atomic mass is 9.99. The van der Waals surface area contributed by atoms with Gasteiger partial charge in [-0.15, -0.1) is 0 Å². The van der Waals surface area contributed by atoms with Crippen LogP contribution in [0.4, 0.5) is 23.2 Å². The third kappa shape index (κ3) is 7.39. The second kappa shape index (κ2) is 12.1. The minimum atomic E-state index is -4.63. The maximum Gasteiger partial charge on any atom is 0.433 e. The third-order valence-corrected chi connectivity index (χ3v) is 5.77. The summed E-state index contributed by atoms with van der Waals surface area (Å²) in [5.74, 6) is -2.28. The lowest BCUT2D eigenvalue weighted by molar-refractivity contribution is -0.141. The normalized spacial score (nSPS) is 13.3. The smallest absolute Gasteiger partial charge is 0.433 e. The van der Waals surface area contributed by atoms with E-state index in [0.717, 1.165) is 29.3 Å². The molecule has 1 amide bonds. The average molecular weight is 506 g/mol. The molecule has 1 heterocycles. The van der Waals surface area contributed by atoms with Gasteiger partial charge in [0.05, 0.1) is 18.2 Å². The number of ether oxygens (including phenoxy) is 1. The minimum absolute atomic E-state index is 0.113.